The average Bonchev–Trinajstić information content (AvgIpc) is 2.55. The van der Waals surface area contributed by atoms with E-state index in [0.29, 0.717) is 12.1 Å². The highest BCUT2D eigenvalue weighted by Crippen LogP contribution is 2.11. The molecule has 1 aliphatic heterocycles. The maximum atomic E-state index is 12.3. The maximum Gasteiger partial charge on any atom is 0.251 e. The molecule has 0 radical (unpaired) electrons. The molecule has 1 aromatic carbocycles. The van der Waals surface area contributed by atoms with Crippen molar-refractivity contribution in [3.63, 3.8) is 0 Å². The second-order valence-corrected chi connectivity index (χ2v) is 5.21. The molecule has 0 spiro atoms. The van der Waals surface area contributed by atoms with Crippen molar-refractivity contribution in [1.82, 2.24) is 15.5 Å². The van der Waals surface area contributed by atoms with Gasteiger partial charge in [0.2, 0.25) is 5.91 Å². The lowest BCUT2D eigenvalue weighted by atomic mass is 10.0. The normalized spacial score (nSPS) is 15.5. The molecule has 5 heteroatoms. The molecular weight excluding hydrogens is 266 g/mol. The molecule has 114 valence electrons. The topological polar surface area (TPSA) is 61.4 Å². The van der Waals surface area contributed by atoms with Gasteiger partial charge < -0.3 is 15.5 Å². The third-order valence-corrected chi connectivity index (χ3v) is 3.85. The number of rotatable bonds is 5. The van der Waals surface area contributed by atoms with E-state index in [1.54, 1.807) is 12.1 Å². The molecule has 0 atom stereocenters. The molecule has 5 nitrogen and oxygen atoms in total. The zero-order chi connectivity index (χ0) is 15.1. The lowest BCUT2D eigenvalue weighted by Gasteiger charge is -2.34. The number of hydrogen-bond acceptors (Lipinski definition) is 3. The summed E-state index contributed by atoms with van der Waals surface area (Å²) in [5.74, 6) is -0.209. The van der Waals surface area contributed by atoms with E-state index in [1.165, 1.54) is 0 Å². The van der Waals surface area contributed by atoms with Crippen LogP contribution in [0.25, 0.3) is 0 Å². The number of carbonyl (C=O) groups is 2. The van der Waals surface area contributed by atoms with E-state index < -0.39 is 0 Å². The number of hydrogen-bond donors (Lipinski definition) is 2. The highest BCUT2D eigenvalue weighted by molar-refractivity contribution is 5.96. The van der Waals surface area contributed by atoms with Gasteiger partial charge in [-0.15, -0.1) is 0 Å². The van der Waals surface area contributed by atoms with E-state index in [9.17, 15) is 9.59 Å². The highest BCUT2D eigenvalue weighted by Gasteiger charge is 2.24. The van der Waals surface area contributed by atoms with Gasteiger partial charge in [0.1, 0.15) is 0 Å². The van der Waals surface area contributed by atoms with Crippen LogP contribution >= 0.6 is 0 Å². The van der Waals surface area contributed by atoms with E-state index in [1.807, 2.05) is 30.0 Å². The second-order valence-electron chi connectivity index (χ2n) is 5.21. The van der Waals surface area contributed by atoms with Gasteiger partial charge in [-0.05, 0) is 45.0 Å². The van der Waals surface area contributed by atoms with E-state index >= 15 is 0 Å². The van der Waals surface area contributed by atoms with Gasteiger partial charge in [0.15, 0.2) is 0 Å². The van der Waals surface area contributed by atoms with Gasteiger partial charge in [0, 0.05) is 18.2 Å². The van der Waals surface area contributed by atoms with Crippen LogP contribution in [-0.2, 0) is 4.79 Å². The Morgan fingerprint density at radius 2 is 1.90 bits per heavy atom. The molecule has 1 saturated heterocycles. The van der Waals surface area contributed by atoms with Gasteiger partial charge >= 0.3 is 0 Å². The number of piperidine rings is 1. The number of benzene rings is 1. The van der Waals surface area contributed by atoms with Crippen molar-refractivity contribution < 1.29 is 9.59 Å². The van der Waals surface area contributed by atoms with Crippen LogP contribution in [0.4, 0.5) is 0 Å². The number of carbonyl (C=O) groups excluding carboxylic acids is 2. The van der Waals surface area contributed by atoms with Gasteiger partial charge in [0.25, 0.3) is 5.91 Å². The molecule has 1 aromatic rings. The van der Waals surface area contributed by atoms with Crippen molar-refractivity contribution in [3.8, 4) is 0 Å². The first-order valence-corrected chi connectivity index (χ1v) is 7.55. The Morgan fingerprint density at radius 3 is 2.52 bits per heavy atom. The Kier molecular flexibility index (Phi) is 5.75. The molecule has 2 N–H and O–H groups in total. The van der Waals surface area contributed by atoms with Gasteiger partial charge in [0.05, 0.1) is 6.54 Å². The van der Waals surface area contributed by atoms with E-state index in [-0.39, 0.29) is 24.4 Å². The summed E-state index contributed by atoms with van der Waals surface area (Å²) < 4.78 is 0. The summed E-state index contributed by atoms with van der Waals surface area (Å²) in [6.07, 6.45) is 1.96. The molecule has 2 amide bonds. The molecule has 21 heavy (non-hydrogen) atoms. The Morgan fingerprint density at radius 1 is 1.24 bits per heavy atom. The third kappa shape index (κ3) is 4.29. The predicted molar refractivity (Wildman–Crippen MR) is 82.1 cm³/mol. The molecule has 1 heterocycles. The Balaban J connectivity index is 1.86. The van der Waals surface area contributed by atoms with Crippen LogP contribution in [0, 0.1) is 0 Å². The van der Waals surface area contributed by atoms with Crippen molar-refractivity contribution in [2.75, 3.05) is 26.2 Å². The molecule has 1 fully saturated rings. The van der Waals surface area contributed by atoms with Crippen LogP contribution in [-0.4, -0.2) is 48.9 Å². The summed E-state index contributed by atoms with van der Waals surface area (Å²) in [4.78, 5) is 26.1. The molecule has 0 bridgehead atoms. The highest BCUT2D eigenvalue weighted by atomic mass is 16.2. The predicted octanol–water partition coefficient (Wildman–Crippen LogP) is 1.02. The minimum atomic E-state index is -0.203. The summed E-state index contributed by atoms with van der Waals surface area (Å²) in [6, 6.07) is 9.25. The van der Waals surface area contributed by atoms with E-state index in [4.69, 9.17) is 0 Å². The minimum absolute atomic E-state index is 0.00585. The fraction of sp³-hybridized carbons (Fsp3) is 0.500. The molecule has 2 rings (SSSR count). The van der Waals surface area contributed by atoms with Gasteiger partial charge in [-0.2, -0.15) is 0 Å². The van der Waals surface area contributed by atoms with Crippen LogP contribution in [0.3, 0.4) is 0 Å². The first-order valence-electron chi connectivity index (χ1n) is 7.55. The van der Waals surface area contributed by atoms with Crippen LogP contribution < -0.4 is 10.6 Å². The third-order valence-electron chi connectivity index (χ3n) is 3.85. The SMILES string of the molecule is CCN(C(=O)CNC(=O)c1ccccc1)C1CCNCC1. The summed E-state index contributed by atoms with van der Waals surface area (Å²) in [5, 5.41) is 6.00. The van der Waals surface area contributed by atoms with E-state index in [2.05, 4.69) is 10.6 Å². The summed E-state index contributed by atoms with van der Waals surface area (Å²) in [7, 11) is 0. The Hall–Kier alpha value is -1.88. The number of likely N-dealkylation sites (N-methyl/N-ethyl adjacent to an activating group) is 1. The van der Waals surface area contributed by atoms with Crippen LogP contribution in [0.2, 0.25) is 0 Å². The van der Waals surface area contributed by atoms with Crippen molar-refractivity contribution in [2.24, 2.45) is 0 Å². The van der Waals surface area contributed by atoms with Crippen molar-refractivity contribution in [3.05, 3.63) is 35.9 Å². The van der Waals surface area contributed by atoms with Crippen LogP contribution in [0.5, 0.6) is 0 Å². The number of amides is 2. The number of nitrogens with one attached hydrogen (secondary N) is 2. The maximum absolute atomic E-state index is 12.3. The second kappa shape index (κ2) is 7.78. The van der Waals surface area contributed by atoms with Crippen molar-refractivity contribution in [1.29, 1.82) is 0 Å². The smallest absolute Gasteiger partial charge is 0.251 e. The molecule has 0 saturated carbocycles. The number of nitrogens with zero attached hydrogens (tertiary/aromatic N) is 1. The molecular formula is C16H23N3O2. The Labute approximate surface area is 125 Å². The van der Waals surface area contributed by atoms with Crippen molar-refractivity contribution in [2.45, 2.75) is 25.8 Å². The van der Waals surface area contributed by atoms with Gasteiger partial charge in [-0.1, -0.05) is 18.2 Å². The first-order chi connectivity index (χ1) is 10.2. The first kappa shape index (κ1) is 15.5. The van der Waals surface area contributed by atoms with Gasteiger partial charge in [-0.25, -0.2) is 0 Å². The minimum Gasteiger partial charge on any atom is -0.343 e. The standard InChI is InChI=1S/C16H23N3O2/c1-2-19(14-8-10-17-11-9-14)15(20)12-18-16(21)13-6-4-3-5-7-13/h3-7,14,17H,2,8-12H2,1H3,(H,18,21). The fourth-order valence-corrected chi connectivity index (χ4v) is 2.71. The van der Waals surface area contributed by atoms with Crippen LogP contribution in [0.15, 0.2) is 30.3 Å². The quantitative estimate of drug-likeness (QED) is 0.850. The molecule has 0 aromatic heterocycles. The monoisotopic (exact) mass is 289 g/mol. The zero-order valence-corrected chi connectivity index (χ0v) is 12.5. The fourth-order valence-electron chi connectivity index (χ4n) is 2.71. The zero-order valence-electron chi connectivity index (χ0n) is 12.5. The molecule has 1 aliphatic rings. The summed E-state index contributed by atoms with van der Waals surface area (Å²) in [5.41, 5.74) is 0.579. The average molecular weight is 289 g/mol. The largest absolute Gasteiger partial charge is 0.343 e. The van der Waals surface area contributed by atoms with Crippen molar-refractivity contribution >= 4 is 11.8 Å². The summed E-state index contributed by atoms with van der Waals surface area (Å²) in [6.45, 7) is 4.63. The molecule has 0 unspecified atom stereocenters. The molecule has 0 aliphatic carbocycles. The van der Waals surface area contributed by atoms with Crippen LogP contribution in [0.1, 0.15) is 30.1 Å². The lowest BCUT2D eigenvalue weighted by molar-refractivity contribution is -0.132. The van der Waals surface area contributed by atoms with Gasteiger partial charge in [-0.3, -0.25) is 9.59 Å². The Bertz CT molecular complexity index is 470. The summed E-state index contributed by atoms with van der Waals surface area (Å²) >= 11 is 0. The lowest BCUT2D eigenvalue weighted by Crippen LogP contribution is -2.49. The van der Waals surface area contributed by atoms with E-state index in [0.717, 1.165) is 25.9 Å².